The Morgan fingerprint density at radius 3 is 2.58 bits per heavy atom. The number of nitrogens with two attached hydrogens (primary N) is 1. The predicted molar refractivity (Wildman–Crippen MR) is 82.6 cm³/mol. The molecule has 0 amide bonds. The van der Waals surface area contributed by atoms with E-state index >= 15 is 0 Å². The zero-order chi connectivity index (χ0) is 14.0. The van der Waals surface area contributed by atoms with Gasteiger partial charge in [-0.2, -0.15) is 0 Å². The predicted octanol–water partition coefficient (Wildman–Crippen LogP) is 2.83. The Balaban J connectivity index is 2.10. The Bertz CT molecular complexity index is 405. The largest absolute Gasteiger partial charge is 0.326 e. The van der Waals surface area contributed by atoms with Gasteiger partial charge in [-0.15, -0.1) is 11.3 Å². The second-order valence-electron chi connectivity index (χ2n) is 6.35. The van der Waals surface area contributed by atoms with E-state index in [-0.39, 0.29) is 11.6 Å². The highest BCUT2D eigenvalue weighted by Crippen LogP contribution is 2.38. The molecular weight excluding hydrogens is 254 g/mol. The average molecular weight is 281 g/mol. The quantitative estimate of drug-likeness (QED) is 0.923. The molecule has 3 nitrogen and oxygen atoms in total. The van der Waals surface area contributed by atoms with Crippen molar-refractivity contribution < 1.29 is 0 Å². The minimum absolute atomic E-state index is 0.157. The molecule has 1 aromatic heterocycles. The SMILES string of the molecule is Cc1nc(CC(N)C2(N(C)C)CCC(C)CC2)cs1. The van der Waals surface area contributed by atoms with Crippen molar-refractivity contribution in [2.24, 2.45) is 11.7 Å². The fraction of sp³-hybridized carbons (Fsp3) is 0.800. The van der Waals surface area contributed by atoms with E-state index in [4.69, 9.17) is 5.73 Å². The number of hydrogen-bond acceptors (Lipinski definition) is 4. The number of rotatable bonds is 4. The van der Waals surface area contributed by atoms with E-state index in [0.717, 1.165) is 23.0 Å². The molecule has 1 unspecified atom stereocenters. The molecule has 1 saturated carbocycles. The summed E-state index contributed by atoms with van der Waals surface area (Å²) in [4.78, 5) is 6.93. The van der Waals surface area contributed by atoms with Crippen molar-refractivity contribution in [3.8, 4) is 0 Å². The van der Waals surface area contributed by atoms with Crippen molar-refractivity contribution in [1.82, 2.24) is 9.88 Å². The molecule has 1 aromatic rings. The number of likely N-dealkylation sites (N-methyl/N-ethyl adjacent to an activating group) is 1. The molecule has 0 aromatic carbocycles. The summed E-state index contributed by atoms with van der Waals surface area (Å²) in [5.74, 6) is 0.849. The number of nitrogens with zero attached hydrogens (tertiary/aromatic N) is 2. The maximum absolute atomic E-state index is 6.59. The zero-order valence-electron chi connectivity index (χ0n) is 12.6. The van der Waals surface area contributed by atoms with Crippen LogP contribution in [0.15, 0.2) is 5.38 Å². The minimum atomic E-state index is 0.157. The molecule has 4 heteroatoms. The molecule has 1 atom stereocenters. The summed E-state index contributed by atoms with van der Waals surface area (Å²) >= 11 is 1.72. The first-order chi connectivity index (χ1) is 8.94. The standard InChI is InChI=1S/C15H27N3S/c1-11-5-7-15(8-6-11,18(3)4)14(16)9-13-10-19-12(2)17-13/h10-11,14H,5-9,16H2,1-4H3. The first kappa shape index (κ1) is 14.9. The van der Waals surface area contributed by atoms with Gasteiger partial charge in [0, 0.05) is 23.4 Å². The van der Waals surface area contributed by atoms with Gasteiger partial charge >= 0.3 is 0 Å². The number of thiazole rings is 1. The highest BCUT2D eigenvalue weighted by atomic mass is 32.1. The molecule has 0 aliphatic heterocycles. The molecule has 0 bridgehead atoms. The van der Waals surface area contributed by atoms with E-state index in [1.807, 2.05) is 0 Å². The van der Waals surface area contributed by atoms with Crippen LogP contribution in [0.2, 0.25) is 0 Å². The number of hydrogen-bond donors (Lipinski definition) is 1. The van der Waals surface area contributed by atoms with Gasteiger partial charge in [0.2, 0.25) is 0 Å². The van der Waals surface area contributed by atoms with Gasteiger partial charge in [-0.25, -0.2) is 4.98 Å². The molecule has 2 N–H and O–H groups in total. The molecule has 1 fully saturated rings. The lowest BCUT2D eigenvalue weighted by Crippen LogP contribution is -2.59. The maximum atomic E-state index is 6.59. The Kier molecular flexibility index (Phi) is 4.64. The molecule has 1 aliphatic rings. The highest BCUT2D eigenvalue weighted by Gasteiger charge is 2.41. The van der Waals surface area contributed by atoms with Crippen molar-refractivity contribution in [2.75, 3.05) is 14.1 Å². The van der Waals surface area contributed by atoms with E-state index in [1.165, 1.54) is 25.7 Å². The lowest BCUT2D eigenvalue weighted by molar-refractivity contribution is 0.0566. The first-order valence-corrected chi connectivity index (χ1v) is 8.16. The average Bonchev–Trinajstić information content (AvgIpc) is 2.75. The van der Waals surface area contributed by atoms with Crippen molar-refractivity contribution in [1.29, 1.82) is 0 Å². The topological polar surface area (TPSA) is 42.1 Å². The summed E-state index contributed by atoms with van der Waals surface area (Å²) in [5, 5.41) is 3.29. The number of aromatic nitrogens is 1. The fourth-order valence-corrected chi connectivity index (χ4v) is 3.95. The van der Waals surface area contributed by atoms with Crippen LogP contribution < -0.4 is 5.73 Å². The second kappa shape index (κ2) is 5.90. The molecule has 1 heterocycles. The van der Waals surface area contributed by atoms with Crippen LogP contribution in [-0.2, 0) is 6.42 Å². The van der Waals surface area contributed by atoms with Crippen LogP contribution >= 0.6 is 11.3 Å². The van der Waals surface area contributed by atoms with Crippen LogP contribution in [-0.4, -0.2) is 35.6 Å². The fourth-order valence-electron chi connectivity index (χ4n) is 3.33. The Morgan fingerprint density at radius 2 is 2.11 bits per heavy atom. The van der Waals surface area contributed by atoms with E-state index < -0.39 is 0 Å². The van der Waals surface area contributed by atoms with Crippen molar-refractivity contribution in [2.45, 2.75) is 57.5 Å². The van der Waals surface area contributed by atoms with E-state index in [1.54, 1.807) is 11.3 Å². The Labute approximate surface area is 121 Å². The maximum Gasteiger partial charge on any atom is 0.0897 e. The Morgan fingerprint density at radius 1 is 1.47 bits per heavy atom. The molecule has 0 radical (unpaired) electrons. The van der Waals surface area contributed by atoms with Crippen molar-refractivity contribution in [3.63, 3.8) is 0 Å². The normalized spacial score (nSPS) is 29.7. The molecule has 0 spiro atoms. The highest BCUT2D eigenvalue weighted by molar-refractivity contribution is 7.09. The summed E-state index contributed by atoms with van der Waals surface area (Å²) in [5.41, 5.74) is 7.91. The molecule has 2 rings (SSSR count). The third kappa shape index (κ3) is 3.18. The van der Waals surface area contributed by atoms with Gasteiger partial charge in [-0.1, -0.05) is 6.92 Å². The zero-order valence-corrected chi connectivity index (χ0v) is 13.5. The molecule has 19 heavy (non-hydrogen) atoms. The summed E-state index contributed by atoms with van der Waals surface area (Å²) in [6, 6.07) is 0.177. The minimum Gasteiger partial charge on any atom is -0.326 e. The molecular formula is C15H27N3S. The van der Waals surface area contributed by atoms with E-state index in [0.29, 0.717) is 0 Å². The van der Waals surface area contributed by atoms with Crippen LogP contribution in [0, 0.1) is 12.8 Å². The molecule has 0 saturated heterocycles. The van der Waals surface area contributed by atoms with Crippen LogP contribution in [0.1, 0.15) is 43.3 Å². The summed E-state index contributed by atoms with van der Waals surface area (Å²) in [6.45, 7) is 4.42. The van der Waals surface area contributed by atoms with Gasteiger partial charge in [0.15, 0.2) is 0 Å². The van der Waals surface area contributed by atoms with Crippen molar-refractivity contribution >= 4 is 11.3 Å². The Hall–Kier alpha value is -0.450. The van der Waals surface area contributed by atoms with Crippen LogP contribution in [0.5, 0.6) is 0 Å². The lowest BCUT2D eigenvalue weighted by Gasteiger charge is -2.48. The first-order valence-electron chi connectivity index (χ1n) is 7.28. The second-order valence-corrected chi connectivity index (χ2v) is 7.41. The third-order valence-corrected chi connectivity index (χ3v) is 5.64. The molecule has 108 valence electrons. The smallest absolute Gasteiger partial charge is 0.0897 e. The van der Waals surface area contributed by atoms with Gasteiger partial charge in [0.05, 0.1) is 10.7 Å². The summed E-state index contributed by atoms with van der Waals surface area (Å²) < 4.78 is 0. The number of aryl methyl sites for hydroxylation is 1. The lowest BCUT2D eigenvalue weighted by atomic mass is 9.71. The van der Waals surface area contributed by atoms with Crippen LogP contribution in [0.3, 0.4) is 0 Å². The third-order valence-electron chi connectivity index (χ3n) is 4.82. The van der Waals surface area contributed by atoms with Crippen LogP contribution in [0.25, 0.3) is 0 Å². The van der Waals surface area contributed by atoms with Gasteiger partial charge in [-0.3, -0.25) is 0 Å². The van der Waals surface area contributed by atoms with E-state index in [2.05, 4.69) is 43.2 Å². The van der Waals surface area contributed by atoms with Gasteiger partial charge in [0.25, 0.3) is 0 Å². The van der Waals surface area contributed by atoms with Crippen LogP contribution in [0.4, 0.5) is 0 Å². The van der Waals surface area contributed by atoms with Gasteiger partial charge < -0.3 is 10.6 Å². The monoisotopic (exact) mass is 281 g/mol. The van der Waals surface area contributed by atoms with Gasteiger partial charge in [0.1, 0.15) is 0 Å². The molecule has 1 aliphatic carbocycles. The summed E-state index contributed by atoms with van der Waals surface area (Å²) in [7, 11) is 4.37. The van der Waals surface area contributed by atoms with Crippen molar-refractivity contribution in [3.05, 3.63) is 16.1 Å². The summed E-state index contributed by atoms with van der Waals surface area (Å²) in [6.07, 6.45) is 5.91. The van der Waals surface area contributed by atoms with E-state index in [9.17, 15) is 0 Å². The van der Waals surface area contributed by atoms with Gasteiger partial charge in [-0.05, 0) is 52.6 Å².